The molecule has 4 heteroatoms. The molecule has 3 nitrogen and oxygen atoms in total. The summed E-state index contributed by atoms with van der Waals surface area (Å²) in [4.78, 5) is 15.4. The van der Waals surface area contributed by atoms with E-state index in [1.54, 1.807) is 18.7 Å². The van der Waals surface area contributed by atoms with Crippen LogP contribution in [0.15, 0.2) is 4.99 Å². The van der Waals surface area contributed by atoms with Gasteiger partial charge >= 0.3 is 5.97 Å². The van der Waals surface area contributed by atoms with Crippen LogP contribution in [0.3, 0.4) is 0 Å². The van der Waals surface area contributed by atoms with Gasteiger partial charge in [-0.05, 0) is 20.8 Å². The van der Waals surface area contributed by atoms with Crippen LogP contribution in [-0.2, 0) is 9.53 Å². The first-order chi connectivity index (χ1) is 5.58. The van der Waals surface area contributed by atoms with Gasteiger partial charge in [-0.15, -0.1) is 11.8 Å². The fraction of sp³-hybridized carbons (Fsp3) is 0.750. The average molecular weight is 187 g/mol. The lowest BCUT2D eigenvalue weighted by Crippen LogP contribution is -2.32. The van der Waals surface area contributed by atoms with E-state index in [-0.39, 0.29) is 10.7 Å². The molecule has 0 atom stereocenters. The second-order valence-electron chi connectivity index (χ2n) is 3.01. The number of nitrogens with zero attached hydrogens (tertiary/aromatic N) is 1. The van der Waals surface area contributed by atoms with Gasteiger partial charge in [0.25, 0.3) is 0 Å². The highest BCUT2D eigenvalue weighted by molar-refractivity contribution is 8.01. The highest BCUT2D eigenvalue weighted by atomic mass is 32.2. The third-order valence-corrected chi connectivity index (χ3v) is 2.86. The van der Waals surface area contributed by atoms with Gasteiger partial charge in [-0.2, -0.15) is 0 Å². The molecule has 0 unspecified atom stereocenters. The van der Waals surface area contributed by atoms with Gasteiger partial charge in [0.05, 0.1) is 17.2 Å². The number of carbonyl (C=O) groups excluding carboxylic acids is 1. The van der Waals surface area contributed by atoms with Crippen molar-refractivity contribution in [1.82, 2.24) is 0 Å². The van der Waals surface area contributed by atoms with Gasteiger partial charge in [-0.25, -0.2) is 4.79 Å². The number of thioether (sulfide) groups is 1. The van der Waals surface area contributed by atoms with E-state index in [1.807, 2.05) is 13.8 Å². The van der Waals surface area contributed by atoms with E-state index in [1.165, 1.54) is 0 Å². The largest absolute Gasteiger partial charge is 0.461 e. The maximum Gasteiger partial charge on any atom is 0.353 e. The smallest absolute Gasteiger partial charge is 0.353 e. The second kappa shape index (κ2) is 3.47. The van der Waals surface area contributed by atoms with Gasteiger partial charge in [-0.3, -0.25) is 4.99 Å². The van der Waals surface area contributed by atoms with Gasteiger partial charge in [-0.1, -0.05) is 0 Å². The Hall–Kier alpha value is -0.510. The van der Waals surface area contributed by atoms with Crippen LogP contribution in [0, 0.1) is 0 Å². The van der Waals surface area contributed by atoms with Crippen LogP contribution in [-0.4, -0.2) is 28.9 Å². The summed E-state index contributed by atoms with van der Waals surface area (Å²) in [5.74, 6) is 0.397. The van der Waals surface area contributed by atoms with Crippen molar-refractivity contribution < 1.29 is 9.53 Å². The van der Waals surface area contributed by atoms with Gasteiger partial charge in [0.15, 0.2) is 0 Å². The fourth-order valence-corrected chi connectivity index (χ4v) is 1.83. The number of aliphatic imine (C=N–C) groups is 1. The first-order valence-electron chi connectivity index (χ1n) is 3.94. The Balaban J connectivity index is 2.68. The standard InChI is InChI=1S/C8H13NO2S/c1-4-11-7(10)6-8(2,3)12-5-9-6/h4-5H2,1-3H3. The van der Waals surface area contributed by atoms with Crippen LogP contribution in [0.2, 0.25) is 0 Å². The summed E-state index contributed by atoms with van der Waals surface area (Å²) >= 11 is 1.66. The molecule has 0 spiro atoms. The molecule has 0 radical (unpaired) electrons. The third-order valence-electron chi connectivity index (χ3n) is 1.69. The number of ether oxygens (including phenoxy) is 1. The SMILES string of the molecule is CCOC(=O)C1=NCSC1(C)C. The lowest BCUT2D eigenvalue weighted by Gasteiger charge is -2.17. The molecule has 1 heterocycles. The summed E-state index contributed by atoms with van der Waals surface area (Å²) < 4.78 is 4.70. The Kier molecular flexibility index (Phi) is 2.77. The summed E-state index contributed by atoms with van der Waals surface area (Å²) in [5, 5.41) is 0. The summed E-state index contributed by atoms with van der Waals surface area (Å²) in [6.07, 6.45) is 0. The predicted octanol–water partition coefficient (Wildman–Crippen LogP) is 1.47. The molecule has 0 aromatic rings. The predicted molar refractivity (Wildman–Crippen MR) is 50.6 cm³/mol. The molecule has 1 aliphatic rings. The molecule has 12 heavy (non-hydrogen) atoms. The summed E-state index contributed by atoms with van der Waals surface area (Å²) in [7, 11) is 0. The van der Waals surface area contributed by atoms with Crippen molar-refractivity contribution in [2.75, 3.05) is 12.5 Å². The van der Waals surface area contributed by atoms with Crippen molar-refractivity contribution in [3.05, 3.63) is 0 Å². The molecule has 0 saturated carbocycles. The fourth-order valence-electron chi connectivity index (χ4n) is 1.03. The van der Waals surface area contributed by atoms with E-state index in [4.69, 9.17) is 4.74 Å². The third kappa shape index (κ3) is 1.80. The number of rotatable bonds is 2. The van der Waals surface area contributed by atoms with E-state index in [0.717, 1.165) is 0 Å². The highest BCUT2D eigenvalue weighted by Gasteiger charge is 2.35. The van der Waals surface area contributed by atoms with Crippen LogP contribution >= 0.6 is 11.8 Å². The quantitative estimate of drug-likeness (QED) is 0.614. The molecule has 1 rings (SSSR count). The maximum absolute atomic E-state index is 11.3. The molecule has 0 aromatic carbocycles. The van der Waals surface area contributed by atoms with Gasteiger partial charge in [0.1, 0.15) is 5.71 Å². The number of hydrogen-bond donors (Lipinski definition) is 0. The lowest BCUT2D eigenvalue weighted by atomic mass is 10.1. The van der Waals surface area contributed by atoms with Crippen molar-refractivity contribution in [1.29, 1.82) is 0 Å². The van der Waals surface area contributed by atoms with Crippen LogP contribution in [0.5, 0.6) is 0 Å². The van der Waals surface area contributed by atoms with Crippen LogP contribution in [0.25, 0.3) is 0 Å². The van der Waals surface area contributed by atoms with Crippen molar-refractivity contribution in [3.8, 4) is 0 Å². The van der Waals surface area contributed by atoms with Crippen LogP contribution < -0.4 is 0 Å². The molecule has 0 fully saturated rings. The van der Waals surface area contributed by atoms with E-state index in [2.05, 4.69) is 4.99 Å². The zero-order valence-corrected chi connectivity index (χ0v) is 8.40. The Bertz CT molecular complexity index is 223. The number of hydrogen-bond acceptors (Lipinski definition) is 4. The Morgan fingerprint density at radius 2 is 2.42 bits per heavy atom. The van der Waals surface area contributed by atoms with Gasteiger partial charge in [0.2, 0.25) is 0 Å². The first-order valence-corrected chi connectivity index (χ1v) is 4.92. The minimum Gasteiger partial charge on any atom is -0.461 e. The minimum absolute atomic E-state index is 0.174. The Labute approximate surface area is 76.6 Å². The first kappa shape index (κ1) is 9.58. The minimum atomic E-state index is -0.271. The molecule has 0 aromatic heterocycles. The Morgan fingerprint density at radius 3 is 2.83 bits per heavy atom. The van der Waals surface area contributed by atoms with E-state index in [9.17, 15) is 4.79 Å². The zero-order valence-electron chi connectivity index (χ0n) is 7.59. The topological polar surface area (TPSA) is 38.7 Å². The summed E-state index contributed by atoms with van der Waals surface area (Å²) in [6, 6.07) is 0. The summed E-state index contributed by atoms with van der Waals surface area (Å²) in [5.41, 5.74) is 0.564. The number of esters is 1. The van der Waals surface area contributed by atoms with Crippen molar-refractivity contribution in [2.24, 2.45) is 4.99 Å². The van der Waals surface area contributed by atoms with Gasteiger partial charge < -0.3 is 4.74 Å². The van der Waals surface area contributed by atoms with E-state index >= 15 is 0 Å². The summed E-state index contributed by atoms with van der Waals surface area (Å²) in [6.45, 7) is 6.19. The van der Waals surface area contributed by atoms with Crippen LogP contribution in [0.4, 0.5) is 0 Å². The monoisotopic (exact) mass is 187 g/mol. The highest BCUT2D eigenvalue weighted by Crippen LogP contribution is 2.32. The van der Waals surface area contributed by atoms with Gasteiger partial charge in [0, 0.05) is 0 Å². The van der Waals surface area contributed by atoms with Crippen molar-refractivity contribution >= 4 is 23.4 Å². The second-order valence-corrected chi connectivity index (χ2v) is 4.58. The van der Waals surface area contributed by atoms with Crippen molar-refractivity contribution in [2.45, 2.75) is 25.5 Å². The molecule has 1 aliphatic heterocycles. The maximum atomic E-state index is 11.3. The Morgan fingerprint density at radius 1 is 1.75 bits per heavy atom. The molecular formula is C8H13NO2S. The lowest BCUT2D eigenvalue weighted by molar-refractivity contribution is -0.135. The average Bonchev–Trinajstić information content (AvgIpc) is 2.30. The zero-order chi connectivity index (χ0) is 9.19. The van der Waals surface area contributed by atoms with E-state index < -0.39 is 0 Å². The molecule has 0 saturated heterocycles. The van der Waals surface area contributed by atoms with E-state index in [0.29, 0.717) is 18.2 Å². The van der Waals surface area contributed by atoms with Crippen LogP contribution in [0.1, 0.15) is 20.8 Å². The van der Waals surface area contributed by atoms with Crippen molar-refractivity contribution in [3.63, 3.8) is 0 Å². The number of carbonyl (C=O) groups is 1. The molecule has 0 bridgehead atoms. The molecule has 0 aliphatic carbocycles. The molecule has 68 valence electrons. The molecule has 0 amide bonds. The molecule has 0 N–H and O–H groups in total. The molecular weight excluding hydrogens is 174 g/mol. The normalized spacial score (nSPS) is 20.4.